The maximum atomic E-state index is 6.37. The van der Waals surface area contributed by atoms with E-state index in [0.717, 1.165) is 26.0 Å². The molecule has 1 aliphatic rings. The van der Waals surface area contributed by atoms with Crippen molar-refractivity contribution in [1.29, 1.82) is 0 Å². The SMILES string of the molecule is CCOC(CN1C(C)(C)CC(OCc2ccccc2)CC1(C)C)c1ccccc1. The van der Waals surface area contributed by atoms with Gasteiger partial charge in [-0.2, -0.15) is 0 Å². The van der Waals surface area contributed by atoms with Gasteiger partial charge in [0.05, 0.1) is 18.8 Å². The average molecular weight is 396 g/mol. The predicted molar refractivity (Wildman–Crippen MR) is 120 cm³/mol. The van der Waals surface area contributed by atoms with Crippen molar-refractivity contribution in [3.8, 4) is 0 Å². The zero-order valence-electron chi connectivity index (χ0n) is 18.7. The highest BCUT2D eigenvalue weighted by molar-refractivity contribution is 5.19. The first kappa shape index (κ1) is 22.0. The Hall–Kier alpha value is -1.68. The Morgan fingerprint density at radius 3 is 2.00 bits per heavy atom. The van der Waals surface area contributed by atoms with Crippen LogP contribution in [0.4, 0.5) is 0 Å². The van der Waals surface area contributed by atoms with Crippen molar-refractivity contribution in [1.82, 2.24) is 4.90 Å². The van der Waals surface area contributed by atoms with Crippen molar-refractivity contribution < 1.29 is 9.47 Å². The number of piperidine rings is 1. The van der Waals surface area contributed by atoms with Crippen molar-refractivity contribution in [2.75, 3.05) is 13.2 Å². The van der Waals surface area contributed by atoms with Gasteiger partial charge in [-0.3, -0.25) is 4.90 Å². The Labute approximate surface area is 177 Å². The number of benzene rings is 2. The second-order valence-electron chi connectivity index (χ2n) is 9.42. The number of ether oxygens (including phenoxy) is 2. The molecular formula is C26H37NO2. The van der Waals surface area contributed by atoms with Crippen molar-refractivity contribution >= 4 is 0 Å². The first-order valence-corrected chi connectivity index (χ1v) is 10.9. The molecule has 0 bridgehead atoms. The summed E-state index contributed by atoms with van der Waals surface area (Å²) in [6.45, 7) is 13.8. The second kappa shape index (κ2) is 9.42. The molecule has 1 heterocycles. The lowest BCUT2D eigenvalue weighted by Crippen LogP contribution is -2.63. The van der Waals surface area contributed by atoms with Gasteiger partial charge in [0, 0.05) is 24.2 Å². The lowest BCUT2D eigenvalue weighted by molar-refractivity contribution is -0.125. The number of rotatable bonds is 8. The smallest absolute Gasteiger partial charge is 0.0952 e. The first-order chi connectivity index (χ1) is 13.8. The van der Waals surface area contributed by atoms with Crippen LogP contribution in [0.25, 0.3) is 0 Å². The molecule has 2 aromatic rings. The van der Waals surface area contributed by atoms with Gasteiger partial charge in [-0.05, 0) is 58.6 Å². The van der Waals surface area contributed by atoms with Crippen molar-refractivity contribution in [2.24, 2.45) is 0 Å². The Balaban J connectivity index is 1.71. The van der Waals surface area contributed by atoms with Gasteiger partial charge in [0.15, 0.2) is 0 Å². The van der Waals surface area contributed by atoms with E-state index >= 15 is 0 Å². The van der Waals surface area contributed by atoms with Crippen LogP contribution in [0.5, 0.6) is 0 Å². The first-order valence-electron chi connectivity index (χ1n) is 10.9. The summed E-state index contributed by atoms with van der Waals surface area (Å²) in [5.74, 6) is 0. The molecule has 3 nitrogen and oxygen atoms in total. The summed E-state index contributed by atoms with van der Waals surface area (Å²) in [7, 11) is 0. The van der Waals surface area contributed by atoms with Crippen LogP contribution in [-0.4, -0.2) is 35.2 Å². The lowest BCUT2D eigenvalue weighted by atomic mass is 9.77. The van der Waals surface area contributed by atoms with Crippen LogP contribution in [0, 0.1) is 0 Å². The highest BCUT2D eigenvalue weighted by Gasteiger charge is 2.46. The Morgan fingerprint density at radius 1 is 0.897 bits per heavy atom. The van der Waals surface area contributed by atoms with E-state index in [1.54, 1.807) is 0 Å². The second-order valence-corrected chi connectivity index (χ2v) is 9.42. The van der Waals surface area contributed by atoms with Gasteiger partial charge < -0.3 is 9.47 Å². The molecule has 0 spiro atoms. The molecule has 1 unspecified atom stereocenters. The van der Waals surface area contributed by atoms with Crippen molar-refractivity contribution in [3.05, 3.63) is 71.8 Å². The fourth-order valence-electron chi connectivity index (χ4n) is 4.92. The normalized spacial score (nSPS) is 20.4. The van der Waals surface area contributed by atoms with Gasteiger partial charge in [0.25, 0.3) is 0 Å². The van der Waals surface area contributed by atoms with E-state index < -0.39 is 0 Å². The number of hydrogen-bond donors (Lipinski definition) is 0. The maximum absolute atomic E-state index is 6.37. The van der Waals surface area contributed by atoms with E-state index in [2.05, 4.69) is 100 Å². The van der Waals surface area contributed by atoms with E-state index in [0.29, 0.717) is 6.61 Å². The highest BCUT2D eigenvalue weighted by atomic mass is 16.5. The van der Waals surface area contributed by atoms with E-state index in [9.17, 15) is 0 Å². The van der Waals surface area contributed by atoms with Crippen LogP contribution >= 0.6 is 0 Å². The third-order valence-corrected chi connectivity index (χ3v) is 6.13. The van der Waals surface area contributed by atoms with E-state index in [4.69, 9.17) is 9.47 Å². The third kappa shape index (κ3) is 5.69. The number of likely N-dealkylation sites (tertiary alicyclic amines) is 1. The van der Waals surface area contributed by atoms with Crippen LogP contribution in [0.3, 0.4) is 0 Å². The summed E-state index contributed by atoms with van der Waals surface area (Å²) in [4.78, 5) is 2.63. The number of nitrogens with zero attached hydrogens (tertiary/aromatic N) is 1. The predicted octanol–water partition coefficient (Wildman–Crippen LogP) is 6.00. The quantitative estimate of drug-likeness (QED) is 0.547. The molecule has 0 N–H and O–H groups in total. The molecule has 1 aliphatic heterocycles. The molecule has 1 saturated heterocycles. The highest BCUT2D eigenvalue weighted by Crippen LogP contribution is 2.41. The molecule has 0 radical (unpaired) electrons. The van der Waals surface area contributed by atoms with Gasteiger partial charge in [-0.25, -0.2) is 0 Å². The van der Waals surface area contributed by atoms with Gasteiger partial charge >= 0.3 is 0 Å². The molecule has 0 saturated carbocycles. The molecule has 1 fully saturated rings. The molecule has 3 heteroatoms. The van der Waals surface area contributed by atoms with Gasteiger partial charge in [0.1, 0.15) is 0 Å². The summed E-state index contributed by atoms with van der Waals surface area (Å²) in [5.41, 5.74) is 2.56. The van der Waals surface area contributed by atoms with Crippen LogP contribution in [0.15, 0.2) is 60.7 Å². The molecule has 29 heavy (non-hydrogen) atoms. The Kier molecular flexibility index (Phi) is 7.15. The molecule has 0 amide bonds. The van der Waals surface area contributed by atoms with Crippen LogP contribution in [0.1, 0.15) is 64.7 Å². The Bertz CT molecular complexity index is 724. The number of hydrogen-bond acceptors (Lipinski definition) is 3. The zero-order valence-corrected chi connectivity index (χ0v) is 18.7. The molecule has 2 aromatic carbocycles. The van der Waals surface area contributed by atoms with E-state index in [-0.39, 0.29) is 23.3 Å². The largest absolute Gasteiger partial charge is 0.373 e. The third-order valence-electron chi connectivity index (χ3n) is 6.13. The summed E-state index contributed by atoms with van der Waals surface area (Å²) < 4.78 is 12.5. The fraction of sp³-hybridized carbons (Fsp3) is 0.538. The molecule has 0 aromatic heterocycles. The molecule has 158 valence electrons. The monoisotopic (exact) mass is 395 g/mol. The average Bonchev–Trinajstić information content (AvgIpc) is 2.69. The minimum atomic E-state index is 0.0350. The topological polar surface area (TPSA) is 21.7 Å². The molecular weight excluding hydrogens is 358 g/mol. The van der Waals surface area contributed by atoms with E-state index in [1.165, 1.54) is 11.1 Å². The molecule has 1 atom stereocenters. The van der Waals surface area contributed by atoms with Crippen LogP contribution in [0.2, 0.25) is 0 Å². The van der Waals surface area contributed by atoms with Gasteiger partial charge in [-0.15, -0.1) is 0 Å². The molecule has 0 aliphatic carbocycles. The van der Waals surface area contributed by atoms with Crippen LogP contribution in [-0.2, 0) is 16.1 Å². The zero-order chi connectivity index (χ0) is 20.9. The van der Waals surface area contributed by atoms with Crippen LogP contribution < -0.4 is 0 Å². The van der Waals surface area contributed by atoms with E-state index in [1.807, 2.05) is 0 Å². The van der Waals surface area contributed by atoms with Gasteiger partial charge in [0.2, 0.25) is 0 Å². The minimum Gasteiger partial charge on any atom is -0.373 e. The van der Waals surface area contributed by atoms with Crippen molar-refractivity contribution in [3.63, 3.8) is 0 Å². The summed E-state index contributed by atoms with van der Waals surface area (Å²) in [5, 5.41) is 0. The summed E-state index contributed by atoms with van der Waals surface area (Å²) in [6, 6.07) is 21.1. The Morgan fingerprint density at radius 2 is 1.45 bits per heavy atom. The summed E-state index contributed by atoms with van der Waals surface area (Å²) in [6.07, 6.45) is 2.40. The summed E-state index contributed by atoms with van der Waals surface area (Å²) >= 11 is 0. The minimum absolute atomic E-state index is 0.0350. The fourth-order valence-corrected chi connectivity index (χ4v) is 4.92. The maximum Gasteiger partial charge on any atom is 0.0952 e. The van der Waals surface area contributed by atoms with Gasteiger partial charge in [-0.1, -0.05) is 60.7 Å². The molecule has 3 rings (SSSR count). The standard InChI is InChI=1S/C26H37NO2/c1-6-28-24(22-15-11-8-12-16-22)19-27-25(2,3)17-23(18-26(27,4)5)29-20-21-13-9-7-10-14-21/h7-16,23-24H,6,17-20H2,1-5H3. The lowest BCUT2D eigenvalue weighted by Gasteiger charge is -2.56. The van der Waals surface area contributed by atoms with Crippen molar-refractivity contribution in [2.45, 2.75) is 77.4 Å².